The first-order valence-electron chi connectivity index (χ1n) is 11.3. The van der Waals surface area contributed by atoms with Crippen LogP contribution in [0.3, 0.4) is 0 Å². The van der Waals surface area contributed by atoms with Crippen LogP contribution in [0.2, 0.25) is 0 Å². The predicted molar refractivity (Wildman–Crippen MR) is 127 cm³/mol. The highest BCUT2D eigenvalue weighted by atomic mass is 32.2. The minimum absolute atomic E-state index is 0.0330. The Morgan fingerprint density at radius 2 is 1.82 bits per heavy atom. The molecular formula is C25H27FN4O3S. The van der Waals surface area contributed by atoms with Gasteiger partial charge < -0.3 is 9.30 Å². The summed E-state index contributed by atoms with van der Waals surface area (Å²) >= 11 is 1.46. The predicted octanol–water partition coefficient (Wildman–Crippen LogP) is 4.03. The molecule has 0 spiro atoms. The fourth-order valence-corrected chi connectivity index (χ4v) is 5.21. The summed E-state index contributed by atoms with van der Waals surface area (Å²) in [6.07, 6.45) is 10.6. The summed E-state index contributed by atoms with van der Waals surface area (Å²) in [6, 6.07) is 6.34. The Hall–Kier alpha value is -3.07. The molecular weight excluding hydrogens is 455 g/mol. The average molecular weight is 483 g/mol. The van der Waals surface area contributed by atoms with Gasteiger partial charge in [-0.1, -0.05) is 23.9 Å². The van der Waals surface area contributed by atoms with Crippen LogP contribution in [0.15, 0.2) is 59.1 Å². The van der Waals surface area contributed by atoms with Gasteiger partial charge in [-0.25, -0.2) is 14.4 Å². The van der Waals surface area contributed by atoms with Crippen LogP contribution in [-0.2, 0) is 28.2 Å². The first-order valence-corrected chi connectivity index (χ1v) is 12.3. The fraction of sp³-hybridized carbons (Fsp3) is 0.400. The lowest BCUT2D eigenvalue weighted by atomic mass is 9.82. The van der Waals surface area contributed by atoms with Crippen molar-refractivity contribution in [3.05, 3.63) is 82.0 Å². The van der Waals surface area contributed by atoms with Crippen molar-refractivity contribution in [1.82, 2.24) is 19.5 Å². The summed E-state index contributed by atoms with van der Waals surface area (Å²) < 4.78 is 20.2. The number of ether oxygens (including phenoxy) is 1. The highest BCUT2D eigenvalue weighted by Crippen LogP contribution is 2.32. The van der Waals surface area contributed by atoms with E-state index in [0.29, 0.717) is 35.4 Å². The number of halogens is 1. The lowest BCUT2D eigenvalue weighted by Crippen LogP contribution is -2.27. The number of hydrogen-bond donors (Lipinski definition) is 0. The summed E-state index contributed by atoms with van der Waals surface area (Å²) in [5.41, 5.74) is 2.12. The Morgan fingerprint density at radius 3 is 2.50 bits per heavy atom. The smallest absolute Gasteiger partial charge is 0.308 e. The van der Waals surface area contributed by atoms with Crippen molar-refractivity contribution in [2.24, 2.45) is 11.8 Å². The van der Waals surface area contributed by atoms with Crippen molar-refractivity contribution in [3.8, 4) is 0 Å². The Labute approximate surface area is 201 Å². The van der Waals surface area contributed by atoms with E-state index in [1.165, 1.54) is 37.3 Å². The van der Waals surface area contributed by atoms with Crippen LogP contribution in [0.5, 0.6) is 0 Å². The third-order valence-electron chi connectivity index (χ3n) is 6.16. The molecule has 2 heterocycles. The van der Waals surface area contributed by atoms with Gasteiger partial charge in [0.2, 0.25) is 0 Å². The number of carbonyl (C=O) groups is 1. The van der Waals surface area contributed by atoms with Gasteiger partial charge in [-0.15, -0.1) is 0 Å². The molecule has 7 nitrogen and oxygen atoms in total. The van der Waals surface area contributed by atoms with E-state index in [9.17, 15) is 14.0 Å². The van der Waals surface area contributed by atoms with E-state index in [-0.39, 0.29) is 23.3 Å². The zero-order valence-electron chi connectivity index (χ0n) is 19.0. The van der Waals surface area contributed by atoms with Gasteiger partial charge >= 0.3 is 5.97 Å². The van der Waals surface area contributed by atoms with E-state index >= 15 is 0 Å². The largest absolute Gasteiger partial charge is 0.469 e. The molecule has 34 heavy (non-hydrogen) atoms. The molecule has 2 aromatic heterocycles. The topological polar surface area (TPSA) is 87.0 Å². The second kappa shape index (κ2) is 11.4. The van der Waals surface area contributed by atoms with Crippen molar-refractivity contribution < 1.29 is 13.9 Å². The molecule has 178 valence electrons. The molecule has 1 saturated carbocycles. The molecule has 1 aromatic carbocycles. The summed E-state index contributed by atoms with van der Waals surface area (Å²) in [5.74, 6) is 0.512. The van der Waals surface area contributed by atoms with Crippen LogP contribution in [0, 0.1) is 17.7 Å². The third kappa shape index (κ3) is 6.28. The Bertz CT molecular complexity index is 1160. The molecule has 0 radical (unpaired) electrons. The Kier molecular flexibility index (Phi) is 8.05. The SMILES string of the molecule is COC(=O)[C@H]1CC[C@H](Cn2cc(Cc3cncnc3)c(=O)nc2SCc2ccc(F)cc2)CC1. The van der Waals surface area contributed by atoms with Crippen LogP contribution in [0.4, 0.5) is 4.39 Å². The fourth-order valence-electron chi connectivity index (χ4n) is 4.28. The Balaban J connectivity index is 1.54. The number of rotatable bonds is 8. The summed E-state index contributed by atoms with van der Waals surface area (Å²) in [6.45, 7) is 0.714. The number of hydrogen-bond acceptors (Lipinski definition) is 7. The zero-order valence-corrected chi connectivity index (χ0v) is 19.8. The standard InChI is InChI=1S/C25H27FN4O3S/c1-33-24(32)20-6-2-17(3-7-20)13-30-14-21(10-19-11-27-16-28-12-19)23(31)29-25(30)34-15-18-4-8-22(26)9-5-18/h4-5,8-9,11-12,14,16-17,20H,2-3,6-7,10,13,15H2,1H3/t17-,20-. The molecule has 9 heteroatoms. The van der Waals surface area contributed by atoms with Crippen molar-refractivity contribution >= 4 is 17.7 Å². The third-order valence-corrected chi connectivity index (χ3v) is 7.22. The molecule has 0 bridgehead atoms. The van der Waals surface area contributed by atoms with Gasteiger partial charge in [0.1, 0.15) is 12.1 Å². The summed E-state index contributed by atoms with van der Waals surface area (Å²) in [7, 11) is 1.43. The first kappa shape index (κ1) is 24.1. The maximum atomic E-state index is 13.2. The van der Waals surface area contributed by atoms with Crippen molar-refractivity contribution in [3.63, 3.8) is 0 Å². The van der Waals surface area contributed by atoms with Gasteiger partial charge in [0.05, 0.1) is 13.0 Å². The number of methoxy groups -OCH3 is 1. The molecule has 0 aliphatic heterocycles. The van der Waals surface area contributed by atoms with E-state index in [4.69, 9.17) is 4.74 Å². The molecule has 0 atom stereocenters. The number of nitrogens with zero attached hydrogens (tertiary/aromatic N) is 4. The molecule has 0 unspecified atom stereocenters. The first-order chi connectivity index (χ1) is 16.5. The minimum Gasteiger partial charge on any atom is -0.469 e. The molecule has 1 aliphatic rings. The van der Waals surface area contributed by atoms with Gasteiger partial charge in [-0.05, 0) is 54.9 Å². The highest BCUT2D eigenvalue weighted by molar-refractivity contribution is 7.98. The van der Waals surface area contributed by atoms with Gasteiger partial charge in [0.15, 0.2) is 5.16 Å². The van der Waals surface area contributed by atoms with Gasteiger partial charge in [0.25, 0.3) is 5.56 Å². The number of benzene rings is 1. The Morgan fingerprint density at radius 1 is 1.12 bits per heavy atom. The molecule has 1 fully saturated rings. The second-order valence-corrected chi connectivity index (χ2v) is 9.53. The van der Waals surface area contributed by atoms with Crippen molar-refractivity contribution in [2.75, 3.05) is 7.11 Å². The zero-order chi connectivity index (χ0) is 23.9. The molecule has 0 N–H and O–H groups in total. The van der Waals surface area contributed by atoms with E-state index < -0.39 is 0 Å². The van der Waals surface area contributed by atoms with Crippen molar-refractivity contribution in [2.45, 2.75) is 49.6 Å². The van der Waals surface area contributed by atoms with Gasteiger partial charge in [-0.2, -0.15) is 4.98 Å². The lowest BCUT2D eigenvalue weighted by molar-refractivity contribution is -0.146. The van der Waals surface area contributed by atoms with Gasteiger partial charge in [0, 0.05) is 42.9 Å². The highest BCUT2D eigenvalue weighted by Gasteiger charge is 2.27. The number of aromatic nitrogens is 4. The molecule has 3 aromatic rings. The summed E-state index contributed by atoms with van der Waals surface area (Å²) in [5, 5.41) is 0.637. The van der Waals surface area contributed by atoms with E-state index in [1.807, 2.05) is 6.20 Å². The van der Waals surface area contributed by atoms with Crippen LogP contribution in [0.25, 0.3) is 0 Å². The van der Waals surface area contributed by atoms with E-state index in [0.717, 1.165) is 36.8 Å². The average Bonchev–Trinajstić information content (AvgIpc) is 2.86. The van der Waals surface area contributed by atoms with Crippen LogP contribution >= 0.6 is 11.8 Å². The number of thioether (sulfide) groups is 1. The maximum absolute atomic E-state index is 13.2. The van der Waals surface area contributed by atoms with E-state index in [2.05, 4.69) is 19.5 Å². The minimum atomic E-state index is -0.277. The lowest BCUT2D eigenvalue weighted by Gasteiger charge is -2.28. The normalized spacial score (nSPS) is 17.9. The summed E-state index contributed by atoms with van der Waals surface area (Å²) in [4.78, 5) is 37.2. The molecule has 0 saturated heterocycles. The van der Waals surface area contributed by atoms with Crippen LogP contribution < -0.4 is 5.56 Å². The number of esters is 1. The van der Waals surface area contributed by atoms with Crippen LogP contribution in [-0.4, -0.2) is 32.6 Å². The quantitative estimate of drug-likeness (QED) is 0.272. The maximum Gasteiger partial charge on any atom is 0.308 e. The van der Waals surface area contributed by atoms with Gasteiger partial charge in [-0.3, -0.25) is 9.59 Å². The van der Waals surface area contributed by atoms with E-state index in [1.54, 1.807) is 24.5 Å². The monoisotopic (exact) mass is 482 g/mol. The second-order valence-electron chi connectivity index (χ2n) is 8.59. The molecule has 4 rings (SSSR count). The number of carbonyl (C=O) groups excluding carboxylic acids is 1. The molecule has 0 amide bonds. The van der Waals surface area contributed by atoms with Crippen molar-refractivity contribution in [1.29, 1.82) is 0 Å². The molecule has 1 aliphatic carbocycles. The van der Waals surface area contributed by atoms with Crippen LogP contribution in [0.1, 0.15) is 42.4 Å².